The van der Waals surface area contributed by atoms with Crippen molar-refractivity contribution in [3.8, 4) is 0 Å². The van der Waals surface area contributed by atoms with Gasteiger partial charge in [0.05, 0.1) is 0 Å². The molecule has 1 atom stereocenters. The second-order valence-electron chi connectivity index (χ2n) is 5.42. The maximum absolute atomic E-state index is 10.5. The minimum Gasteiger partial charge on any atom is -0.481 e. The SMILES string of the molecule is Cc1cc(C)c(C)c(C(N)CCCCC(=O)O)c1C. The van der Waals surface area contributed by atoms with Crippen molar-refractivity contribution in [2.24, 2.45) is 5.73 Å². The Hall–Kier alpha value is -1.35. The van der Waals surface area contributed by atoms with Crippen LogP contribution in [0.1, 0.15) is 59.5 Å². The van der Waals surface area contributed by atoms with Gasteiger partial charge in [0.25, 0.3) is 0 Å². The Bertz CT molecular complexity index is 440. The Morgan fingerprint density at radius 1 is 1.16 bits per heavy atom. The molecule has 1 aromatic rings. The number of hydrogen-bond acceptors (Lipinski definition) is 2. The van der Waals surface area contributed by atoms with Crippen molar-refractivity contribution in [2.75, 3.05) is 0 Å². The highest BCUT2D eigenvalue weighted by molar-refractivity contribution is 5.66. The van der Waals surface area contributed by atoms with Crippen molar-refractivity contribution in [1.29, 1.82) is 0 Å². The first-order valence-corrected chi connectivity index (χ1v) is 6.89. The molecule has 1 unspecified atom stereocenters. The van der Waals surface area contributed by atoms with Gasteiger partial charge < -0.3 is 10.8 Å². The van der Waals surface area contributed by atoms with Gasteiger partial charge in [-0.2, -0.15) is 0 Å². The van der Waals surface area contributed by atoms with Gasteiger partial charge in [-0.15, -0.1) is 0 Å². The Balaban J connectivity index is 2.76. The van der Waals surface area contributed by atoms with Crippen LogP contribution in [-0.4, -0.2) is 11.1 Å². The van der Waals surface area contributed by atoms with Crippen LogP contribution in [0.3, 0.4) is 0 Å². The van der Waals surface area contributed by atoms with E-state index < -0.39 is 5.97 Å². The molecule has 0 aliphatic heterocycles. The van der Waals surface area contributed by atoms with E-state index in [-0.39, 0.29) is 12.5 Å². The maximum Gasteiger partial charge on any atom is 0.303 e. The summed E-state index contributed by atoms with van der Waals surface area (Å²) in [5, 5.41) is 8.63. The average Bonchev–Trinajstić information content (AvgIpc) is 2.32. The Kier molecular flexibility index (Phi) is 5.55. The molecule has 0 saturated carbocycles. The first kappa shape index (κ1) is 15.7. The number of rotatable bonds is 6. The number of hydrogen-bond donors (Lipinski definition) is 2. The molecule has 0 heterocycles. The van der Waals surface area contributed by atoms with E-state index in [4.69, 9.17) is 10.8 Å². The third-order valence-electron chi connectivity index (χ3n) is 3.95. The summed E-state index contributed by atoms with van der Waals surface area (Å²) in [5.41, 5.74) is 12.6. The molecule has 0 aliphatic carbocycles. The third kappa shape index (κ3) is 4.06. The molecule has 0 amide bonds. The van der Waals surface area contributed by atoms with E-state index in [9.17, 15) is 4.79 Å². The molecule has 3 heteroatoms. The number of benzene rings is 1. The van der Waals surface area contributed by atoms with Gasteiger partial charge in [0, 0.05) is 12.5 Å². The first-order valence-electron chi connectivity index (χ1n) is 6.89. The lowest BCUT2D eigenvalue weighted by Gasteiger charge is -2.21. The molecule has 0 bridgehead atoms. The molecule has 0 fully saturated rings. The first-order chi connectivity index (χ1) is 8.84. The summed E-state index contributed by atoms with van der Waals surface area (Å²) in [6.07, 6.45) is 2.64. The highest BCUT2D eigenvalue weighted by Gasteiger charge is 2.15. The van der Waals surface area contributed by atoms with Gasteiger partial charge in [-0.3, -0.25) is 4.79 Å². The zero-order valence-electron chi connectivity index (χ0n) is 12.4. The lowest BCUT2D eigenvalue weighted by molar-refractivity contribution is -0.137. The van der Waals surface area contributed by atoms with Crippen molar-refractivity contribution >= 4 is 5.97 Å². The second kappa shape index (κ2) is 6.71. The van der Waals surface area contributed by atoms with Gasteiger partial charge in [-0.1, -0.05) is 12.5 Å². The van der Waals surface area contributed by atoms with Crippen LogP contribution in [0.25, 0.3) is 0 Å². The summed E-state index contributed by atoms with van der Waals surface area (Å²) in [4.78, 5) is 10.5. The standard InChI is InChI=1S/C16H25NO2/c1-10-9-11(2)13(4)16(12(10)3)14(17)7-5-6-8-15(18)19/h9,14H,5-8,17H2,1-4H3,(H,18,19). The number of aliphatic carboxylic acids is 1. The summed E-state index contributed by atoms with van der Waals surface area (Å²) in [6, 6.07) is 2.21. The average molecular weight is 263 g/mol. The van der Waals surface area contributed by atoms with Crippen LogP contribution >= 0.6 is 0 Å². The van der Waals surface area contributed by atoms with Crippen LogP contribution < -0.4 is 5.73 Å². The van der Waals surface area contributed by atoms with Crippen LogP contribution in [0.2, 0.25) is 0 Å². The summed E-state index contributed by atoms with van der Waals surface area (Å²) < 4.78 is 0. The minimum atomic E-state index is -0.729. The Labute approximate surface area is 115 Å². The maximum atomic E-state index is 10.5. The van der Waals surface area contributed by atoms with E-state index in [1.54, 1.807) is 0 Å². The fourth-order valence-electron chi connectivity index (χ4n) is 2.59. The van der Waals surface area contributed by atoms with Crippen LogP contribution in [-0.2, 0) is 4.79 Å². The largest absolute Gasteiger partial charge is 0.481 e. The highest BCUT2D eigenvalue weighted by atomic mass is 16.4. The van der Waals surface area contributed by atoms with Crippen LogP contribution in [0.5, 0.6) is 0 Å². The van der Waals surface area contributed by atoms with Gasteiger partial charge in [0.1, 0.15) is 0 Å². The van der Waals surface area contributed by atoms with Crippen molar-refractivity contribution in [3.05, 3.63) is 33.9 Å². The molecular formula is C16H25NO2. The van der Waals surface area contributed by atoms with E-state index in [0.717, 1.165) is 12.8 Å². The molecule has 0 aromatic heterocycles. The molecular weight excluding hydrogens is 238 g/mol. The van der Waals surface area contributed by atoms with Crippen molar-refractivity contribution in [2.45, 2.75) is 59.4 Å². The highest BCUT2D eigenvalue weighted by Crippen LogP contribution is 2.28. The molecule has 1 aromatic carbocycles. The monoisotopic (exact) mass is 263 g/mol. The number of unbranched alkanes of at least 4 members (excludes halogenated alkanes) is 1. The Morgan fingerprint density at radius 2 is 1.68 bits per heavy atom. The molecule has 0 aliphatic rings. The van der Waals surface area contributed by atoms with Gasteiger partial charge in [-0.05, 0) is 68.4 Å². The molecule has 0 radical (unpaired) electrons. The van der Waals surface area contributed by atoms with E-state index in [0.29, 0.717) is 6.42 Å². The lowest BCUT2D eigenvalue weighted by atomic mass is 9.88. The summed E-state index contributed by atoms with van der Waals surface area (Å²) in [5.74, 6) is -0.729. The Morgan fingerprint density at radius 3 is 2.16 bits per heavy atom. The van der Waals surface area contributed by atoms with Crippen LogP contribution in [0.15, 0.2) is 6.07 Å². The molecule has 0 saturated heterocycles. The molecule has 0 spiro atoms. The van der Waals surface area contributed by atoms with E-state index in [1.807, 2.05) is 0 Å². The third-order valence-corrected chi connectivity index (χ3v) is 3.95. The summed E-state index contributed by atoms with van der Waals surface area (Å²) in [7, 11) is 0. The normalized spacial score (nSPS) is 12.5. The van der Waals surface area contributed by atoms with Gasteiger partial charge in [-0.25, -0.2) is 0 Å². The van der Waals surface area contributed by atoms with Gasteiger partial charge in [0.15, 0.2) is 0 Å². The number of carboxylic acids is 1. The van der Waals surface area contributed by atoms with Crippen LogP contribution in [0, 0.1) is 27.7 Å². The number of aryl methyl sites for hydroxylation is 2. The fraction of sp³-hybridized carbons (Fsp3) is 0.562. The predicted molar refractivity (Wildman–Crippen MR) is 78.4 cm³/mol. The molecule has 1 rings (SSSR count). The molecule has 3 nitrogen and oxygen atoms in total. The number of carbonyl (C=O) groups is 1. The molecule has 106 valence electrons. The molecule has 19 heavy (non-hydrogen) atoms. The smallest absolute Gasteiger partial charge is 0.303 e. The predicted octanol–water partition coefficient (Wildman–Crippen LogP) is 3.57. The number of carboxylic acid groups (broad SMARTS) is 1. The summed E-state index contributed by atoms with van der Waals surface area (Å²) in [6.45, 7) is 8.47. The van der Waals surface area contributed by atoms with Crippen LogP contribution in [0.4, 0.5) is 0 Å². The fourth-order valence-corrected chi connectivity index (χ4v) is 2.59. The van der Waals surface area contributed by atoms with Gasteiger partial charge in [0.2, 0.25) is 0 Å². The zero-order chi connectivity index (χ0) is 14.6. The van der Waals surface area contributed by atoms with Crippen molar-refractivity contribution in [1.82, 2.24) is 0 Å². The van der Waals surface area contributed by atoms with Gasteiger partial charge >= 0.3 is 5.97 Å². The topological polar surface area (TPSA) is 63.3 Å². The van der Waals surface area contributed by atoms with E-state index >= 15 is 0 Å². The number of nitrogens with two attached hydrogens (primary N) is 1. The molecule has 3 N–H and O–H groups in total. The van der Waals surface area contributed by atoms with E-state index in [2.05, 4.69) is 33.8 Å². The van der Waals surface area contributed by atoms with Crippen molar-refractivity contribution < 1.29 is 9.90 Å². The van der Waals surface area contributed by atoms with Crippen molar-refractivity contribution in [3.63, 3.8) is 0 Å². The zero-order valence-corrected chi connectivity index (χ0v) is 12.4. The van der Waals surface area contributed by atoms with E-state index in [1.165, 1.54) is 27.8 Å². The quantitative estimate of drug-likeness (QED) is 0.771. The minimum absolute atomic E-state index is 0.00685. The summed E-state index contributed by atoms with van der Waals surface area (Å²) >= 11 is 0. The lowest BCUT2D eigenvalue weighted by Crippen LogP contribution is -2.15. The second-order valence-corrected chi connectivity index (χ2v) is 5.42.